The van der Waals surface area contributed by atoms with Crippen LogP contribution in [0.15, 0.2) is 30.3 Å². The number of carbonyl (C=O) groups excluding carboxylic acids is 1. The van der Waals surface area contributed by atoms with Crippen LogP contribution >= 0.6 is 0 Å². The molecule has 1 saturated carbocycles. The van der Waals surface area contributed by atoms with Gasteiger partial charge in [0, 0.05) is 25.2 Å². The maximum atomic E-state index is 12.6. The summed E-state index contributed by atoms with van der Waals surface area (Å²) in [5.74, 6) is -0.0147. The van der Waals surface area contributed by atoms with Gasteiger partial charge in [-0.2, -0.15) is 0 Å². The summed E-state index contributed by atoms with van der Waals surface area (Å²) in [6, 6.07) is 9.98. The standard InChI is InChI=1S/C21H32N2O3/c1-18(26-16-19-8-4-2-5-9-19)20(24)22-17-21(10-6-3-7-11-21)23-12-14-25-15-13-23/h2,4-5,8-9,18H,3,6-7,10-17H2,1H3,(H,22,24)/t18-/m0/s1. The smallest absolute Gasteiger partial charge is 0.248 e. The van der Waals surface area contributed by atoms with Gasteiger partial charge in [0.15, 0.2) is 0 Å². The first-order chi connectivity index (χ1) is 12.7. The second kappa shape index (κ2) is 9.49. The van der Waals surface area contributed by atoms with Crippen LogP contribution in [0.3, 0.4) is 0 Å². The molecule has 1 aromatic rings. The van der Waals surface area contributed by atoms with Crippen LogP contribution in [-0.4, -0.2) is 55.3 Å². The van der Waals surface area contributed by atoms with Crippen molar-refractivity contribution in [2.24, 2.45) is 0 Å². The topological polar surface area (TPSA) is 50.8 Å². The van der Waals surface area contributed by atoms with Crippen LogP contribution in [0.1, 0.15) is 44.6 Å². The molecule has 2 fully saturated rings. The summed E-state index contributed by atoms with van der Waals surface area (Å²) >= 11 is 0. The van der Waals surface area contributed by atoms with Gasteiger partial charge in [-0.15, -0.1) is 0 Å². The second-order valence-electron chi connectivity index (χ2n) is 7.54. The normalized spacial score (nSPS) is 21.9. The maximum absolute atomic E-state index is 12.6. The number of hydrogen-bond acceptors (Lipinski definition) is 4. The number of rotatable bonds is 7. The molecule has 1 aliphatic heterocycles. The molecule has 2 aliphatic rings. The zero-order valence-electron chi connectivity index (χ0n) is 15.9. The lowest BCUT2D eigenvalue weighted by Gasteiger charge is -2.48. The van der Waals surface area contributed by atoms with E-state index < -0.39 is 6.10 Å². The van der Waals surface area contributed by atoms with Crippen molar-refractivity contribution in [1.82, 2.24) is 10.2 Å². The van der Waals surface area contributed by atoms with Gasteiger partial charge in [0.05, 0.1) is 19.8 Å². The molecule has 1 heterocycles. The van der Waals surface area contributed by atoms with Gasteiger partial charge in [-0.1, -0.05) is 49.6 Å². The molecular formula is C21H32N2O3. The molecule has 1 amide bonds. The van der Waals surface area contributed by atoms with Gasteiger partial charge in [0.1, 0.15) is 6.10 Å². The van der Waals surface area contributed by atoms with Crippen LogP contribution in [-0.2, 0) is 20.9 Å². The zero-order valence-corrected chi connectivity index (χ0v) is 15.9. The summed E-state index contributed by atoms with van der Waals surface area (Å²) in [6.07, 6.45) is 5.66. The van der Waals surface area contributed by atoms with Gasteiger partial charge in [0.2, 0.25) is 5.91 Å². The molecular weight excluding hydrogens is 328 g/mol. The Morgan fingerprint density at radius 1 is 1.19 bits per heavy atom. The third-order valence-corrected chi connectivity index (χ3v) is 5.77. The number of nitrogens with zero attached hydrogens (tertiary/aromatic N) is 1. The van der Waals surface area contributed by atoms with Crippen molar-refractivity contribution in [2.45, 2.75) is 57.3 Å². The van der Waals surface area contributed by atoms with Gasteiger partial charge in [-0.3, -0.25) is 9.69 Å². The van der Waals surface area contributed by atoms with Gasteiger partial charge in [-0.05, 0) is 25.3 Å². The van der Waals surface area contributed by atoms with Gasteiger partial charge < -0.3 is 14.8 Å². The fraction of sp³-hybridized carbons (Fsp3) is 0.667. The predicted molar refractivity (Wildman–Crippen MR) is 102 cm³/mol. The minimum atomic E-state index is -0.444. The largest absolute Gasteiger partial charge is 0.379 e. The molecule has 5 heteroatoms. The summed E-state index contributed by atoms with van der Waals surface area (Å²) in [5, 5.41) is 3.18. The van der Waals surface area contributed by atoms with Crippen molar-refractivity contribution in [3.8, 4) is 0 Å². The van der Waals surface area contributed by atoms with Crippen LogP contribution < -0.4 is 5.32 Å². The fourth-order valence-corrected chi connectivity index (χ4v) is 4.12. The molecule has 1 aromatic carbocycles. The summed E-state index contributed by atoms with van der Waals surface area (Å²) in [7, 11) is 0. The van der Waals surface area contributed by atoms with E-state index in [1.165, 1.54) is 19.3 Å². The van der Waals surface area contributed by atoms with E-state index in [0.717, 1.165) is 44.7 Å². The zero-order chi connectivity index (χ0) is 18.2. The SMILES string of the molecule is C[C@H](OCc1ccccc1)C(=O)NCC1(N2CCOCC2)CCCCC1. The third-order valence-electron chi connectivity index (χ3n) is 5.77. The highest BCUT2D eigenvalue weighted by Crippen LogP contribution is 2.33. The number of nitrogens with one attached hydrogen (secondary N) is 1. The molecule has 0 aromatic heterocycles. The summed E-state index contributed by atoms with van der Waals surface area (Å²) < 4.78 is 11.3. The Bertz CT molecular complexity index is 552. The van der Waals surface area contributed by atoms with Crippen LogP contribution in [0.4, 0.5) is 0 Å². The van der Waals surface area contributed by atoms with Crippen LogP contribution in [0.2, 0.25) is 0 Å². The fourth-order valence-electron chi connectivity index (χ4n) is 4.12. The lowest BCUT2D eigenvalue weighted by atomic mass is 9.79. The maximum Gasteiger partial charge on any atom is 0.248 e. The summed E-state index contributed by atoms with van der Waals surface area (Å²) in [4.78, 5) is 15.1. The highest BCUT2D eigenvalue weighted by Gasteiger charge is 2.39. The van der Waals surface area contributed by atoms with E-state index in [1.54, 1.807) is 0 Å². The predicted octanol–water partition coefficient (Wildman–Crippen LogP) is 2.74. The van der Waals surface area contributed by atoms with Gasteiger partial charge in [-0.25, -0.2) is 0 Å². The van der Waals surface area contributed by atoms with E-state index in [0.29, 0.717) is 13.2 Å². The molecule has 0 unspecified atom stereocenters. The van der Waals surface area contributed by atoms with Gasteiger partial charge in [0.25, 0.3) is 0 Å². The third kappa shape index (κ3) is 5.06. The number of amides is 1. The van der Waals surface area contributed by atoms with Gasteiger partial charge >= 0.3 is 0 Å². The van der Waals surface area contributed by atoms with E-state index in [1.807, 2.05) is 37.3 Å². The Labute approximate surface area is 157 Å². The quantitative estimate of drug-likeness (QED) is 0.812. The van der Waals surface area contributed by atoms with Crippen molar-refractivity contribution in [3.05, 3.63) is 35.9 Å². The highest BCUT2D eigenvalue weighted by molar-refractivity contribution is 5.80. The highest BCUT2D eigenvalue weighted by atomic mass is 16.5. The Hall–Kier alpha value is -1.43. The van der Waals surface area contributed by atoms with Crippen LogP contribution in [0.5, 0.6) is 0 Å². The molecule has 3 rings (SSSR count). The molecule has 0 radical (unpaired) electrons. The molecule has 1 N–H and O–H groups in total. The van der Waals surface area contributed by atoms with Crippen LogP contribution in [0, 0.1) is 0 Å². The first kappa shape index (κ1) is 19.3. The Morgan fingerprint density at radius 3 is 2.58 bits per heavy atom. The van der Waals surface area contributed by atoms with E-state index in [2.05, 4.69) is 10.2 Å². The monoisotopic (exact) mass is 360 g/mol. The lowest BCUT2D eigenvalue weighted by Crippen LogP contribution is -2.60. The second-order valence-corrected chi connectivity index (χ2v) is 7.54. The van der Waals surface area contributed by atoms with Crippen LogP contribution in [0.25, 0.3) is 0 Å². The number of morpholine rings is 1. The van der Waals surface area contributed by atoms with Crippen molar-refractivity contribution in [1.29, 1.82) is 0 Å². The molecule has 5 nitrogen and oxygen atoms in total. The number of benzene rings is 1. The molecule has 1 saturated heterocycles. The Morgan fingerprint density at radius 2 is 1.88 bits per heavy atom. The molecule has 26 heavy (non-hydrogen) atoms. The van der Waals surface area contributed by atoms with E-state index in [-0.39, 0.29) is 11.4 Å². The average molecular weight is 360 g/mol. The molecule has 144 valence electrons. The molecule has 0 bridgehead atoms. The Balaban J connectivity index is 1.51. The first-order valence-electron chi connectivity index (χ1n) is 9.96. The van der Waals surface area contributed by atoms with Crippen molar-refractivity contribution in [3.63, 3.8) is 0 Å². The minimum absolute atomic E-state index is 0.0147. The van der Waals surface area contributed by atoms with Crippen molar-refractivity contribution >= 4 is 5.91 Å². The molecule has 1 atom stereocenters. The molecule has 1 aliphatic carbocycles. The summed E-state index contributed by atoms with van der Waals surface area (Å²) in [6.45, 7) is 6.54. The number of ether oxygens (including phenoxy) is 2. The minimum Gasteiger partial charge on any atom is -0.379 e. The van der Waals surface area contributed by atoms with E-state index >= 15 is 0 Å². The first-order valence-corrected chi connectivity index (χ1v) is 9.96. The van der Waals surface area contributed by atoms with E-state index in [9.17, 15) is 4.79 Å². The molecule has 0 spiro atoms. The average Bonchev–Trinajstić information content (AvgIpc) is 2.72. The van der Waals surface area contributed by atoms with Crippen molar-refractivity contribution < 1.29 is 14.3 Å². The lowest BCUT2D eigenvalue weighted by molar-refractivity contribution is -0.133. The van der Waals surface area contributed by atoms with Crippen molar-refractivity contribution in [2.75, 3.05) is 32.8 Å². The van der Waals surface area contributed by atoms with E-state index in [4.69, 9.17) is 9.47 Å². The number of carbonyl (C=O) groups is 1. The summed E-state index contributed by atoms with van der Waals surface area (Å²) in [5.41, 5.74) is 1.18. The number of hydrogen-bond donors (Lipinski definition) is 1. The Kier molecular flexibility index (Phi) is 7.06.